The first-order chi connectivity index (χ1) is 6.08. The zero-order valence-electron chi connectivity index (χ0n) is 9.92. The van der Waals surface area contributed by atoms with E-state index in [2.05, 4.69) is 33.0 Å². The maximum atomic E-state index is 5.53. The summed E-state index contributed by atoms with van der Waals surface area (Å²) >= 11 is 0. The maximum Gasteiger partial charge on any atom is 0.0749 e. The zero-order chi connectivity index (χ0) is 10.4. The van der Waals surface area contributed by atoms with Gasteiger partial charge in [0.05, 0.1) is 6.10 Å². The highest BCUT2D eigenvalue weighted by Crippen LogP contribution is 2.18. The van der Waals surface area contributed by atoms with Crippen molar-refractivity contribution in [3.8, 4) is 0 Å². The average molecular weight is 187 g/mol. The minimum Gasteiger partial charge on any atom is -0.380 e. The van der Waals surface area contributed by atoms with Crippen molar-refractivity contribution in [2.45, 2.75) is 46.3 Å². The zero-order valence-corrected chi connectivity index (χ0v) is 9.92. The fraction of sp³-hybridized carbons (Fsp3) is 1.00. The van der Waals surface area contributed by atoms with Crippen LogP contribution in [0.25, 0.3) is 0 Å². The number of nitrogens with one attached hydrogen (secondary N) is 1. The third-order valence-corrected chi connectivity index (χ3v) is 2.87. The van der Waals surface area contributed by atoms with E-state index in [0.29, 0.717) is 24.0 Å². The third kappa shape index (κ3) is 3.65. The number of hydrogen-bond acceptors (Lipinski definition) is 2. The molecule has 0 aromatic heterocycles. The lowest BCUT2D eigenvalue weighted by atomic mass is 9.89. The third-order valence-electron chi connectivity index (χ3n) is 2.87. The Balaban J connectivity index is 4.33. The molecule has 0 bridgehead atoms. The summed E-state index contributed by atoms with van der Waals surface area (Å²) in [6.07, 6.45) is 1.51. The second-order valence-electron chi connectivity index (χ2n) is 4.14. The van der Waals surface area contributed by atoms with E-state index in [1.807, 2.05) is 7.05 Å². The summed E-state index contributed by atoms with van der Waals surface area (Å²) in [5, 5.41) is 3.36. The Hall–Kier alpha value is -0.0800. The van der Waals surface area contributed by atoms with Crippen molar-refractivity contribution in [1.29, 1.82) is 0 Å². The Labute approximate surface area is 83.1 Å². The normalized spacial score (nSPS) is 18.7. The molecule has 0 aliphatic heterocycles. The second-order valence-corrected chi connectivity index (χ2v) is 4.14. The molecule has 0 aromatic carbocycles. The van der Waals surface area contributed by atoms with Gasteiger partial charge >= 0.3 is 0 Å². The first-order valence-electron chi connectivity index (χ1n) is 5.28. The van der Waals surface area contributed by atoms with Crippen LogP contribution in [-0.2, 0) is 4.74 Å². The highest BCUT2D eigenvalue weighted by atomic mass is 16.5. The molecule has 1 N–H and O–H groups in total. The van der Waals surface area contributed by atoms with Gasteiger partial charge in [0, 0.05) is 13.2 Å². The molecule has 0 aliphatic carbocycles. The van der Waals surface area contributed by atoms with Crippen LogP contribution in [0.1, 0.15) is 34.1 Å². The van der Waals surface area contributed by atoms with Gasteiger partial charge in [-0.3, -0.25) is 0 Å². The minimum atomic E-state index is 0.319. The largest absolute Gasteiger partial charge is 0.380 e. The fourth-order valence-corrected chi connectivity index (χ4v) is 1.86. The van der Waals surface area contributed by atoms with Gasteiger partial charge in [0.25, 0.3) is 0 Å². The van der Waals surface area contributed by atoms with Crippen molar-refractivity contribution in [3.63, 3.8) is 0 Å². The molecule has 0 spiro atoms. The van der Waals surface area contributed by atoms with Crippen LogP contribution in [0.4, 0.5) is 0 Å². The van der Waals surface area contributed by atoms with Gasteiger partial charge in [0.2, 0.25) is 0 Å². The van der Waals surface area contributed by atoms with Crippen LogP contribution in [0.2, 0.25) is 0 Å². The Bertz CT molecular complexity index is 125. The van der Waals surface area contributed by atoms with Crippen molar-refractivity contribution < 1.29 is 4.74 Å². The van der Waals surface area contributed by atoms with E-state index in [0.717, 1.165) is 0 Å². The molecule has 0 saturated carbocycles. The Morgan fingerprint density at radius 3 is 2.00 bits per heavy atom. The maximum absolute atomic E-state index is 5.53. The van der Waals surface area contributed by atoms with Gasteiger partial charge in [0.15, 0.2) is 0 Å². The average Bonchev–Trinajstić information content (AvgIpc) is 2.12. The molecule has 0 saturated heterocycles. The molecule has 80 valence electrons. The molecule has 0 amide bonds. The van der Waals surface area contributed by atoms with Crippen LogP contribution in [0.3, 0.4) is 0 Å². The lowest BCUT2D eigenvalue weighted by Crippen LogP contribution is -2.46. The topological polar surface area (TPSA) is 21.3 Å². The van der Waals surface area contributed by atoms with Gasteiger partial charge in [-0.1, -0.05) is 34.1 Å². The molecule has 0 rings (SSSR count). The van der Waals surface area contributed by atoms with Crippen molar-refractivity contribution in [1.82, 2.24) is 5.32 Å². The van der Waals surface area contributed by atoms with Crippen molar-refractivity contribution in [2.75, 3.05) is 14.2 Å². The molecular formula is C11H25NO. The Kier molecular flexibility index (Phi) is 6.35. The molecule has 0 heterocycles. The van der Waals surface area contributed by atoms with Crippen molar-refractivity contribution in [2.24, 2.45) is 11.8 Å². The molecule has 0 aromatic rings. The molecular weight excluding hydrogens is 162 g/mol. The second kappa shape index (κ2) is 6.39. The molecule has 13 heavy (non-hydrogen) atoms. The predicted octanol–water partition coefficient (Wildman–Crippen LogP) is 2.29. The standard InChI is InChI=1S/C11H25NO/c1-7-9(4)10(12-5)11(13-6)8(2)3/h8-12H,7H2,1-6H3. The lowest BCUT2D eigenvalue weighted by molar-refractivity contribution is 0.0190. The van der Waals surface area contributed by atoms with E-state index in [4.69, 9.17) is 4.74 Å². The van der Waals surface area contributed by atoms with E-state index in [9.17, 15) is 0 Å². The first kappa shape index (κ1) is 12.9. The summed E-state index contributed by atoms with van der Waals surface area (Å²) in [6.45, 7) is 8.92. The predicted molar refractivity (Wildman–Crippen MR) is 57.9 cm³/mol. The SMILES string of the molecule is CCC(C)C(NC)C(OC)C(C)C. The highest BCUT2D eigenvalue weighted by molar-refractivity contribution is 4.82. The summed E-state index contributed by atoms with van der Waals surface area (Å²) in [7, 11) is 3.82. The molecule has 2 heteroatoms. The van der Waals surface area contributed by atoms with Crippen LogP contribution in [0.15, 0.2) is 0 Å². The van der Waals surface area contributed by atoms with Crippen LogP contribution in [0, 0.1) is 11.8 Å². The number of ether oxygens (including phenoxy) is 1. The number of hydrogen-bond donors (Lipinski definition) is 1. The summed E-state index contributed by atoms with van der Waals surface area (Å²) in [5.41, 5.74) is 0. The van der Waals surface area contributed by atoms with Gasteiger partial charge in [-0.25, -0.2) is 0 Å². The summed E-state index contributed by atoms with van der Waals surface area (Å²) in [5.74, 6) is 1.23. The first-order valence-corrected chi connectivity index (χ1v) is 5.28. The van der Waals surface area contributed by atoms with E-state index >= 15 is 0 Å². The van der Waals surface area contributed by atoms with E-state index < -0.39 is 0 Å². The summed E-state index contributed by atoms with van der Waals surface area (Å²) in [4.78, 5) is 0. The number of likely N-dealkylation sites (N-methyl/N-ethyl adjacent to an activating group) is 1. The van der Waals surface area contributed by atoms with Crippen LogP contribution in [-0.4, -0.2) is 26.3 Å². The molecule has 2 nitrogen and oxygen atoms in total. The Morgan fingerprint density at radius 2 is 1.77 bits per heavy atom. The number of rotatable bonds is 6. The Morgan fingerprint density at radius 1 is 1.23 bits per heavy atom. The lowest BCUT2D eigenvalue weighted by Gasteiger charge is -2.32. The molecule has 3 atom stereocenters. The smallest absolute Gasteiger partial charge is 0.0749 e. The van der Waals surface area contributed by atoms with Crippen LogP contribution < -0.4 is 5.32 Å². The van der Waals surface area contributed by atoms with Gasteiger partial charge in [0.1, 0.15) is 0 Å². The minimum absolute atomic E-state index is 0.319. The van der Waals surface area contributed by atoms with E-state index in [1.165, 1.54) is 6.42 Å². The van der Waals surface area contributed by atoms with Gasteiger partial charge < -0.3 is 10.1 Å². The van der Waals surface area contributed by atoms with Gasteiger partial charge in [-0.2, -0.15) is 0 Å². The quantitative estimate of drug-likeness (QED) is 0.689. The van der Waals surface area contributed by atoms with Gasteiger partial charge in [-0.15, -0.1) is 0 Å². The molecule has 0 radical (unpaired) electrons. The summed E-state index contributed by atoms with van der Waals surface area (Å²) < 4.78 is 5.53. The van der Waals surface area contributed by atoms with E-state index in [-0.39, 0.29) is 0 Å². The van der Waals surface area contributed by atoms with Gasteiger partial charge in [-0.05, 0) is 18.9 Å². The molecule has 0 aliphatic rings. The van der Waals surface area contributed by atoms with Crippen LogP contribution >= 0.6 is 0 Å². The monoisotopic (exact) mass is 187 g/mol. The van der Waals surface area contributed by atoms with Crippen LogP contribution in [0.5, 0.6) is 0 Å². The molecule has 3 unspecified atom stereocenters. The van der Waals surface area contributed by atoms with E-state index in [1.54, 1.807) is 7.11 Å². The molecule has 0 fully saturated rings. The highest BCUT2D eigenvalue weighted by Gasteiger charge is 2.26. The van der Waals surface area contributed by atoms with Crippen molar-refractivity contribution in [3.05, 3.63) is 0 Å². The number of methoxy groups -OCH3 is 1. The van der Waals surface area contributed by atoms with Crippen molar-refractivity contribution >= 4 is 0 Å². The fourth-order valence-electron chi connectivity index (χ4n) is 1.86. The summed E-state index contributed by atoms with van der Waals surface area (Å²) in [6, 6.07) is 0.468.